The van der Waals surface area contributed by atoms with Gasteiger partial charge in [-0.2, -0.15) is 30.6 Å². The topological polar surface area (TPSA) is 57.7 Å². The second-order valence-electron chi connectivity index (χ2n) is 10.1. The number of hydrogen-bond donors (Lipinski definition) is 0. The molecule has 0 amide bonds. The summed E-state index contributed by atoms with van der Waals surface area (Å²) in [5, 5.41) is -0.999. The van der Waals surface area contributed by atoms with Crippen molar-refractivity contribution < 1.29 is 48.3 Å². The van der Waals surface area contributed by atoms with Gasteiger partial charge in [-0.1, -0.05) is 18.5 Å². The van der Waals surface area contributed by atoms with Crippen molar-refractivity contribution in [2.24, 2.45) is 0 Å². The summed E-state index contributed by atoms with van der Waals surface area (Å²) in [5.41, 5.74) is -5.58. The fourth-order valence-electron chi connectivity index (χ4n) is 5.38. The van der Waals surface area contributed by atoms with Crippen LogP contribution in [0.25, 0.3) is 0 Å². The molecule has 1 aromatic rings. The van der Waals surface area contributed by atoms with E-state index in [-0.39, 0.29) is 75.7 Å². The number of ketones is 1. The molecule has 230 valence electrons. The number of halogens is 10. The molecular weight excluding hydrogens is 619 g/mol. The Morgan fingerprint density at radius 3 is 1.98 bits per heavy atom. The van der Waals surface area contributed by atoms with Gasteiger partial charge >= 0.3 is 12.4 Å². The van der Waals surface area contributed by atoms with E-state index < -0.39 is 80.6 Å². The SMILES string of the molecule is CCCS(=O)(=O)N1CCN(C2(CCC(=O)c3c(Cl)cc(C(F)(F)F)cc3C(F)(F)F)CCC(F)(F)CC2)CC1.Cl. The fraction of sp³-hybridized carbons (Fsp3) is 0.708. The molecule has 0 radical (unpaired) electrons. The van der Waals surface area contributed by atoms with Crippen LogP contribution in [0.1, 0.15) is 73.4 Å². The lowest BCUT2D eigenvalue weighted by molar-refractivity contribution is -0.143. The van der Waals surface area contributed by atoms with Crippen molar-refractivity contribution in [3.63, 3.8) is 0 Å². The highest BCUT2D eigenvalue weighted by Crippen LogP contribution is 2.46. The number of carbonyl (C=O) groups is 1. The standard InChI is InChI=1S/C24H29ClF8N2O3S.ClH/c1-2-13-39(37,38)35-11-9-34(10-12-35)21(5-7-22(26,27)8-6-21)4-3-19(36)20-17(24(31,32)33)14-16(15-18(20)25)23(28,29)30;/h14-15H,2-13H2,1H3;1H. The van der Waals surface area contributed by atoms with Crippen LogP contribution in [0.4, 0.5) is 35.1 Å². The largest absolute Gasteiger partial charge is 0.417 e. The zero-order valence-corrected chi connectivity index (χ0v) is 23.9. The summed E-state index contributed by atoms with van der Waals surface area (Å²) in [6, 6.07) is 0.100. The minimum absolute atomic E-state index is 0. The summed E-state index contributed by atoms with van der Waals surface area (Å²) in [6.45, 7) is 2.26. The van der Waals surface area contributed by atoms with Crippen molar-refractivity contribution in [1.29, 1.82) is 0 Å². The Morgan fingerprint density at radius 1 is 0.950 bits per heavy atom. The first kappa shape index (κ1) is 35.0. The molecule has 2 fully saturated rings. The molecule has 40 heavy (non-hydrogen) atoms. The average Bonchev–Trinajstić information content (AvgIpc) is 2.82. The maximum atomic E-state index is 14.0. The van der Waals surface area contributed by atoms with Gasteiger partial charge < -0.3 is 0 Å². The Labute approximate surface area is 238 Å². The van der Waals surface area contributed by atoms with E-state index in [4.69, 9.17) is 11.6 Å². The van der Waals surface area contributed by atoms with Gasteiger partial charge in [0.25, 0.3) is 0 Å². The van der Waals surface area contributed by atoms with E-state index in [1.165, 1.54) is 4.31 Å². The van der Waals surface area contributed by atoms with Crippen LogP contribution in [-0.2, 0) is 22.4 Å². The van der Waals surface area contributed by atoms with Crippen molar-refractivity contribution in [2.75, 3.05) is 31.9 Å². The van der Waals surface area contributed by atoms with Gasteiger partial charge in [-0.05, 0) is 37.8 Å². The minimum atomic E-state index is -5.30. The van der Waals surface area contributed by atoms with Crippen molar-refractivity contribution in [2.45, 2.75) is 75.7 Å². The fourth-order valence-corrected chi connectivity index (χ4v) is 7.20. The van der Waals surface area contributed by atoms with Gasteiger partial charge in [-0.25, -0.2) is 17.2 Å². The summed E-state index contributed by atoms with van der Waals surface area (Å²) in [4.78, 5) is 14.8. The number of piperazine rings is 1. The normalized spacial score (nSPS) is 20.6. The Balaban J connectivity index is 0.00000560. The highest BCUT2D eigenvalue weighted by molar-refractivity contribution is 7.89. The Hall–Kier alpha value is -1.22. The second kappa shape index (κ2) is 12.6. The second-order valence-corrected chi connectivity index (χ2v) is 12.6. The molecule has 2 aliphatic rings. The maximum Gasteiger partial charge on any atom is 0.417 e. The summed E-state index contributed by atoms with van der Waals surface area (Å²) in [6.07, 6.45) is -11.9. The van der Waals surface area contributed by atoms with E-state index in [9.17, 15) is 48.3 Å². The van der Waals surface area contributed by atoms with Gasteiger partial charge in [0.2, 0.25) is 15.9 Å². The van der Waals surface area contributed by atoms with E-state index in [0.717, 1.165) is 0 Å². The Bertz CT molecular complexity index is 1160. The monoisotopic (exact) mass is 648 g/mol. The van der Waals surface area contributed by atoms with Crippen LogP contribution in [0.5, 0.6) is 0 Å². The van der Waals surface area contributed by atoms with E-state index in [0.29, 0.717) is 6.42 Å². The molecule has 1 aliphatic heterocycles. The number of sulfonamides is 1. The first-order chi connectivity index (χ1) is 17.8. The van der Waals surface area contributed by atoms with Crippen LogP contribution in [0, 0.1) is 0 Å². The molecule has 1 aliphatic carbocycles. The van der Waals surface area contributed by atoms with Crippen LogP contribution in [0.15, 0.2) is 12.1 Å². The van der Waals surface area contributed by atoms with Gasteiger partial charge in [0, 0.05) is 56.5 Å². The van der Waals surface area contributed by atoms with E-state index in [1.54, 1.807) is 6.92 Å². The number of hydrogen-bond acceptors (Lipinski definition) is 4. The zero-order chi connectivity index (χ0) is 29.4. The molecule has 0 spiro atoms. The lowest BCUT2D eigenvalue weighted by Crippen LogP contribution is -2.60. The molecule has 1 heterocycles. The number of alkyl halides is 8. The molecule has 3 rings (SSSR count). The maximum absolute atomic E-state index is 14.0. The predicted molar refractivity (Wildman–Crippen MR) is 136 cm³/mol. The minimum Gasteiger partial charge on any atom is -0.295 e. The van der Waals surface area contributed by atoms with Gasteiger partial charge in [0.05, 0.1) is 21.9 Å². The number of Topliss-reactive ketones (excluding diaryl/α,β-unsaturated/α-hetero) is 1. The van der Waals surface area contributed by atoms with Gasteiger partial charge in [-0.15, -0.1) is 12.4 Å². The summed E-state index contributed by atoms with van der Waals surface area (Å²) in [5.74, 6) is -4.16. The molecule has 1 saturated heterocycles. The van der Waals surface area contributed by atoms with Crippen LogP contribution in [0.2, 0.25) is 5.02 Å². The molecule has 1 saturated carbocycles. The highest BCUT2D eigenvalue weighted by Gasteiger charge is 2.48. The highest BCUT2D eigenvalue weighted by atomic mass is 35.5. The molecular formula is C24H30Cl2F8N2O3S. The summed E-state index contributed by atoms with van der Waals surface area (Å²) >= 11 is 5.78. The third-order valence-corrected chi connectivity index (χ3v) is 9.87. The van der Waals surface area contributed by atoms with E-state index in [2.05, 4.69) is 0 Å². The average molecular weight is 649 g/mol. The van der Waals surface area contributed by atoms with Gasteiger partial charge in [-0.3, -0.25) is 9.69 Å². The summed E-state index contributed by atoms with van der Waals surface area (Å²) in [7, 11) is -3.49. The Kier molecular flexibility index (Phi) is 11.0. The quantitative estimate of drug-likeness (QED) is 0.224. The Morgan fingerprint density at radius 2 is 1.50 bits per heavy atom. The first-order valence-electron chi connectivity index (χ1n) is 12.4. The van der Waals surface area contributed by atoms with Crippen LogP contribution in [-0.4, -0.2) is 66.8 Å². The molecule has 0 N–H and O–H groups in total. The van der Waals surface area contributed by atoms with Gasteiger partial charge in [0.15, 0.2) is 5.78 Å². The first-order valence-corrected chi connectivity index (χ1v) is 14.4. The lowest BCUT2D eigenvalue weighted by atomic mass is 9.74. The molecule has 5 nitrogen and oxygen atoms in total. The van der Waals surface area contributed by atoms with E-state index >= 15 is 0 Å². The van der Waals surface area contributed by atoms with Crippen LogP contribution >= 0.6 is 24.0 Å². The molecule has 16 heteroatoms. The number of nitrogens with zero attached hydrogens (tertiary/aromatic N) is 2. The molecule has 0 aromatic heterocycles. The van der Waals surface area contributed by atoms with E-state index in [1.807, 2.05) is 4.90 Å². The van der Waals surface area contributed by atoms with Crippen molar-refractivity contribution >= 4 is 39.8 Å². The van der Waals surface area contributed by atoms with Crippen LogP contribution in [0.3, 0.4) is 0 Å². The third-order valence-electron chi connectivity index (χ3n) is 7.50. The third kappa shape index (κ3) is 7.99. The number of benzene rings is 1. The zero-order valence-electron chi connectivity index (χ0n) is 21.5. The van der Waals surface area contributed by atoms with Crippen molar-refractivity contribution in [1.82, 2.24) is 9.21 Å². The lowest BCUT2D eigenvalue weighted by Gasteiger charge is -2.51. The molecule has 0 atom stereocenters. The predicted octanol–water partition coefficient (Wildman–Crippen LogP) is 7.07. The smallest absolute Gasteiger partial charge is 0.295 e. The molecule has 0 unspecified atom stereocenters. The molecule has 1 aromatic carbocycles. The van der Waals surface area contributed by atoms with Crippen LogP contribution < -0.4 is 0 Å². The summed E-state index contributed by atoms with van der Waals surface area (Å²) < 4.78 is 135. The number of rotatable bonds is 8. The number of carbonyl (C=O) groups excluding carboxylic acids is 1. The van der Waals surface area contributed by atoms with Gasteiger partial charge in [0.1, 0.15) is 0 Å². The van der Waals surface area contributed by atoms with Crippen molar-refractivity contribution in [3.8, 4) is 0 Å². The van der Waals surface area contributed by atoms with Crippen molar-refractivity contribution in [3.05, 3.63) is 33.8 Å². The molecule has 0 bridgehead atoms.